The van der Waals surface area contributed by atoms with Gasteiger partial charge in [0.1, 0.15) is 10.7 Å². The van der Waals surface area contributed by atoms with Gasteiger partial charge in [0.25, 0.3) is 0 Å². The molecular formula is C20H22F3N4S+. The van der Waals surface area contributed by atoms with Crippen molar-refractivity contribution >= 4 is 17.9 Å². The minimum absolute atomic E-state index is 0.530. The van der Waals surface area contributed by atoms with Gasteiger partial charge in [-0.05, 0) is 43.7 Å². The zero-order valence-corrected chi connectivity index (χ0v) is 16.6. The number of benzene rings is 1. The fraction of sp³-hybridized carbons (Fsp3) is 0.400. The average Bonchev–Trinajstić information content (AvgIpc) is 2.65. The number of anilines is 1. The minimum Gasteiger partial charge on any atom is -0.360 e. The van der Waals surface area contributed by atoms with Crippen molar-refractivity contribution in [2.75, 3.05) is 31.1 Å². The van der Waals surface area contributed by atoms with Crippen molar-refractivity contribution in [3.8, 4) is 6.07 Å². The number of aromatic nitrogens is 1. The van der Waals surface area contributed by atoms with Gasteiger partial charge in [-0.15, -0.1) is 0 Å². The first kappa shape index (κ1) is 20.4. The molecule has 1 aromatic carbocycles. The molecular weight excluding hydrogens is 385 g/mol. The summed E-state index contributed by atoms with van der Waals surface area (Å²) in [6, 6.07) is 9.63. The Kier molecular flexibility index (Phi) is 5.77. The van der Waals surface area contributed by atoms with E-state index >= 15 is 0 Å². The molecule has 148 valence electrons. The smallest absolute Gasteiger partial charge is 0.360 e. The third-order valence-electron chi connectivity index (χ3n) is 5.21. The summed E-state index contributed by atoms with van der Waals surface area (Å²) in [6.45, 7) is 7.41. The molecule has 1 fully saturated rings. The summed E-state index contributed by atoms with van der Waals surface area (Å²) in [5.74, 6) is 0. The van der Waals surface area contributed by atoms with Gasteiger partial charge in [0.05, 0.1) is 37.3 Å². The lowest BCUT2D eigenvalue weighted by atomic mass is 10.1. The van der Waals surface area contributed by atoms with E-state index < -0.39 is 11.7 Å². The lowest BCUT2D eigenvalue weighted by Gasteiger charge is -2.34. The summed E-state index contributed by atoms with van der Waals surface area (Å²) in [6.07, 6.45) is -4.33. The highest BCUT2D eigenvalue weighted by Gasteiger charge is 2.31. The van der Waals surface area contributed by atoms with Gasteiger partial charge in [0.2, 0.25) is 0 Å². The van der Waals surface area contributed by atoms with Crippen molar-refractivity contribution in [3.05, 3.63) is 57.4 Å². The van der Waals surface area contributed by atoms with E-state index in [0.717, 1.165) is 30.4 Å². The van der Waals surface area contributed by atoms with Crippen molar-refractivity contribution in [1.29, 1.82) is 5.26 Å². The van der Waals surface area contributed by atoms with Gasteiger partial charge in [-0.2, -0.15) is 18.4 Å². The van der Waals surface area contributed by atoms with Crippen LogP contribution in [0.5, 0.6) is 0 Å². The van der Waals surface area contributed by atoms with Crippen LogP contribution in [-0.2, 0) is 12.8 Å². The van der Waals surface area contributed by atoms with Crippen molar-refractivity contribution in [3.63, 3.8) is 0 Å². The number of quaternary nitrogens is 1. The number of halogens is 3. The van der Waals surface area contributed by atoms with E-state index in [2.05, 4.69) is 6.07 Å². The Bertz CT molecular complexity index is 967. The molecule has 0 saturated carbocycles. The van der Waals surface area contributed by atoms with Crippen LogP contribution < -0.4 is 9.80 Å². The van der Waals surface area contributed by atoms with Gasteiger partial charge in [-0.3, -0.25) is 4.57 Å². The van der Waals surface area contributed by atoms with Crippen LogP contribution in [0.3, 0.4) is 0 Å². The van der Waals surface area contributed by atoms with Gasteiger partial charge in [-0.25, -0.2) is 0 Å². The topological polar surface area (TPSA) is 36.4 Å². The van der Waals surface area contributed by atoms with E-state index in [9.17, 15) is 18.4 Å². The molecule has 0 bridgehead atoms. The monoisotopic (exact) mass is 407 g/mol. The first-order valence-corrected chi connectivity index (χ1v) is 9.48. The number of nitriles is 1. The Morgan fingerprint density at radius 1 is 1.18 bits per heavy atom. The van der Waals surface area contributed by atoms with Crippen LogP contribution in [-0.4, -0.2) is 30.7 Å². The molecule has 28 heavy (non-hydrogen) atoms. The predicted octanol–water partition coefficient (Wildman–Crippen LogP) is 3.09. The molecule has 0 unspecified atom stereocenters. The average molecular weight is 407 g/mol. The van der Waals surface area contributed by atoms with Crippen LogP contribution in [0.2, 0.25) is 0 Å². The predicted molar refractivity (Wildman–Crippen MR) is 104 cm³/mol. The number of piperazine rings is 1. The summed E-state index contributed by atoms with van der Waals surface area (Å²) >= 11 is 5.49. The Labute approximate surface area is 167 Å². The Balaban J connectivity index is 1.71. The molecule has 1 aliphatic rings. The molecule has 1 N–H and O–H groups in total. The Hall–Kier alpha value is -2.37. The van der Waals surface area contributed by atoms with E-state index in [1.807, 2.05) is 29.4 Å². The van der Waals surface area contributed by atoms with Gasteiger partial charge in [0.15, 0.2) is 6.67 Å². The zero-order valence-electron chi connectivity index (χ0n) is 15.8. The number of nitrogens with one attached hydrogen (secondary N) is 1. The number of rotatable bonds is 3. The quantitative estimate of drug-likeness (QED) is 0.795. The highest BCUT2D eigenvalue weighted by atomic mass is 32.1. The number of nitrogens with zero attached hydrogens (tertiary/aromatic N) is 3. The first-order chi connectivity index (χ1) is 13.2. The maximum absolute atomic E-state index is 12.9. The third kappa shape index (κ3) is 4.21. The van der Waals surface area contributed by atoms with E-state index in [1.165, 1.54) is 17.0 Å². The number of hydrogen-bond acceptors (Lipinski definition) is 3. The molecule has 0 radical (unpaired) electrons. The number of hydrogen-bond donors (Lipinski definition) is 1. The molecule has 0 atom stereocenters. The molecule has 0 aliphatic carbocycles. The summed E-state index contributed by atoms with van der Waals surface area (Å²) in [5.41, 5.74) is 2.40. The van der Waals surface area contributed by atoms with Crippen LogP contribution in [0.4, 0.5) is 18.9 Å². The molecule has 2 aromatic rings. The molecule has 1 aliphatic heterocycles. The highest BCUT2D eigenvalue weighted by molar-refractivity contribution is 7.71. The first-order valence-electron chi connectivity index (χ1n) is 9.07. The second-order valence-electron chi connectivity index (χ2n) is 7.13. The summed E-state index contributed by atoms with van der Waals surface area (Å²) in [7, 11) is 0. The molecule has 1 saturated heterocycles. The van der Waals surface area contributed by atoms with E-state index in [0.29, 0.717) is 35.6 Å². The van der Waals surface area contributed by atoms with Crippen LogP contribution in [0.25, 0.3) is 0 Å². The van der Waals surface area contributed by atoms with Crippen molar-refractivity contribution < 1.29 is 18.1 Å². The second kappa shape index (κ2) is 7.94. The lowest BCUT2D eigenvalue weighted by Crippen LogP contribution is -3.14. The standard InChI is InChI=1S/C20H21F3N4S/c1-14-10-15(2)27(19(28)18(14)12-24)13-25-6-8-26(9-7-25)17-5-3-4-16(11-17)20(21,22)23/h3-5,10-11H,6-9,13H2,1-2H3/p+1. The van der Waals surface area contributed by atoms with Crippen LogP contribution >= 0.6 is 12.2 Å². The largest absolute Gasteiger partial charge is 0.416 e. The third-order valence-corrected chi connectivity index (χ3v) is 5.63. The fourth-order valence-electron chi connectivity index (χ4n) is 3.60. The summed E-state index contributed by atoms with van der Waals surface area (Å²) < 4.78 is 41.4. The van der Waals surface area contributed by atoms with Crippen molar-refractivity contribution in [2.45, 2.75) is 26.7 Å². The number of pyridine rings is 1. The fourth-order valence-corrected chi connectivity index (χ4v) is 4.02. The van der Waals surface area contributed by atoms with E-state index in [4.69, 9.17) is 12.2 Å². The molecule has 4 nitrogen and oxygen atoms in total. The van der Waals surface area contributed by atoms with Crippen LogP contribution in [0, 0.1) is 29.8 Å². The summed E-state index contributed by atoms with van der Waals surface area (Å²) in [4.78, 5) is 3.27. The molecule has 1 aromatic heterocycles. The number of alkyl halides is 3. The van der Waals surface area contributed by atoms with Gasteiger partial charge in [0, 0.05) is 11.4 Å². The molecule has 0 amide bonds. The Morgan fingerprint density at radius 2 is 1.86 bits per heavy atom. The molecule has 3 rings (SSSR count). The molecule has 8 heteroatoms. The molecule has 2 heterocycles. The molecule has 0 spiro atoms. The van der Waals surface area contributed by atoms with Gasteiger partial charge in [-0.1, -0.05) is 18.3 Å². The van der Waals surface area contributed by atoms with Gasteiger partial charge < -0.3 is 9.80 Å². The number of aryl methyl sites for hydroxylation is 2. The van der Waals surface area contributed by atoms with E-state index in [1.54, 1.807) is 6.07 Å². The van der Waals surface area contributed by atoms with Crippen LogP contribution in [0.15, 0.2) is 30.3 Å². The van der Waals surface area contributed by atoms with E-state index in [-0.39, 0.29) is 0 Å². The summed E-state index contributed by atoms with van der Waals surface area (Å²) in [5, 5.41) is 9.34. The minimum atomic E-state index is -4.33. The maximum atomic E-state index is 12.9. The SMILES string of the molecule is Cc1cc(C)n(C[NH+]2CCN(c3cccc(C(F)(F)F)c3)CC2)c(=S)c1C#N. The zero-order chi connectivity index (χ0) is 20.5. The van der Waals surface area contributed by atoms with Crippen molar-refractivity contribution in [2.24, 2.45) is 0 Å². The normalized spacial score (nSPS) is 15.5. The second-order valence-corrected chi connectivity index (χ2v) is 7.52. The lowest BCUT2D eigenvalue weighted by molar-refractivity contribution is -0.923. The van der Waals surface area contributed by atoms with Crippen molar-refractivity contribution in [1.82, 2.24) is 4.57 Å². The Morgan fingerprint density at radius 3 is 2.46 bits per heavy atom. The van der Waals surface area contributed by atoms with Gasteiger partial charge >= 0.3 is 6.18 Å². The maximum Gasteiger partial charge on any atom is 0.416 e. The highest BCUT2D eigenvalue weighted by Crippen LogP contribution is 2.31. The van der Waals surface area contributed by atoms with Crippen LogP contribution in [0.1, 0.15) is 22.4 Å².